The molecule has 1 aromatic heterocycles. The molecule has 0 saturated carbocycles. The van der Waals surface area contributed by atoms with Gasteiger partial charge in [0.2, 0.25) is 0 Å². The monoisotopic (exact) mass is 318 g/mol. The average Bonchev–Trinajstić information content (AvgIpc) is 2.90. The van der Waals surface area contributed by atoms with Gasteiger partial charge in [-0.3, -0.25) is 5.32 Å². The third-order valence-electron chi connectivity index (χ3n) is 3.41. The van der Waals surface area contributed by atoms with Crippen molar-refractivity contribution in [2.45, 2.75) is 0 Å². The zero-order valence-electron chi connectivity index (χ0n) is 12.0. The fourth-order valence-electron chi connectivity index (χ4n) is 2.37. The molecule has 0 saturated heterocycles. The number of H-pyrrole nitrogens is 1. The maximum atomic E-state index is 13.3. The smallest absolute Gasteiger partial charge is 0.409 e. The molecule has 0 bridgehead atoms. The lowest BCUT2D eigenvalue weighted by atomic mass is 10.1. The molecule has 0 radical (unpaired) electrons. The van der Waals surface area contributed by atoms with E-state index in [4.69, 9.17) is 9.84 Å². The van der Waals surface area contributed by atoms with Crippen LogP contribution in [0.25, 0.3) is 22.2 Å². The van der Waals surface area contributed by atoms with E-state index in [0.717, 1.165) is 12.1 Å². The molecule has 3 rings (SSSR count). The van der Waals surface area contributed by atoms with Gasteiger partial charge in [0.15, 0.2) is 11.6 Å². The number of anilines is 1. The molecule has 7 heteroatoms. The third kappa shape index (κ3) is 2.80. The van der Waals surface area contributed by atoms with Crippen molar-refractivity contribution in [3.63, 3.8) is 0 Å². The number of benzene rings is 2. The second-order valence-corrected chi connectivity index (χ2v) is 4.88. The maximum absolute atomic E-state index is 13.3. The minimum Gasteiger partial charge on any atom is -0.495 e. The molecule has 118 valence electrons. The van der Waals surface area contributed by atoms with E-state index in [1.54, 1.807) is 24.3 Å². The molecule has 23 heavy (non-hydrogen) atoms. The Morgan fingerprint density at radius 3 is 2.61 bits per heavy atom. The lowest BCUT2D eigenvalue weighted by molar-refractivity contribution is 0.209. The van der Waals surface area contributed by atoms with Gasteiger partial charge in [-0.15, -0.1) is 0 Å². The Labute approximate surface area is 129 Å². The van der Waals surface area contributed by atoms with Gasteiger partial charge in [-0.05, 0) is 30.3 Å². The summed E-state index contributed by atoms with van der Waals surface area (Å²) in [5.41, 5.74) is 1.96. The van der Waals surface area contributed by atoms with Gasteiger partial charge < -0.3 is 14.8 Å². The van der Waals surface area contributed by atoms with Crippen molar-refractivity contribution in [1.82, 2.24) is 4.98 Å². The molecule has 0 aliphatic carbocycles. The molecule has 0 atom stereocenters. The van der Waals surface area contributed by atoms with Crippen LogP contribution >= 0.6 is 0 Å². The van der Waals surface area contributed by atoms with Crippen LogP contribution in [0.3, 0.4) is 0 Å². The lowest BCUT2D eigenvalue weighted by Crippen LogP contribution is -2.08. The molecule has 0 unspecified atom stereocenters. The van der Waals surface area contributed by atoms with Gasteiger partial charge in [-0.2, -0.15) is 0 Å². The van der Waals surface area contributed by atoms with Gasteiger partial charge in [-0.1, -0.05) is 0 Å². The summed E-state index contributed by atoms with van der Waals surface area (Å²) in [7, 11) is 1.43. The number of methoxy groups -OCH3 is 1. The van der Waals surface area contributed by atoms with Crippen LogP contribution in [0.4, 0.5) is 19.3 Å². The number of amides is 1. The highest BCUT2D eigenvalue weighted by atomic mass is 19.2. The number of halogens is 2. The van der Waals surface area contributed by atoms with Gasteiger partial charge in [0, 0.05) is 28.2 Å². The van der Waals surface area contributed by atoms with Gasteiger partial charge in [0.1, 0.15) is 5.75 Å². The molecule has 1 heterocycles. The van der Waals surface area contributed by atoms with E-state index in [0.29, 0.717) is 27.9 Å². The summed E-state index contributed by atoms with van der Waals surface area (Å²) in [5, 5.41) is 11.6. The predicted molar refractivity (Wildman–Crippen MR) is 81.9 cm³/mol. The van der Waals surface area contributed by atoms with Crippen LogP contribution in [0.2, 0.25) is 0 Å². The van der Waals surface area contributed by atoms with E-state index in [-0.39, 0.29) is 5.69 Å². The van der Waals surface area contributed by atoms with Crippen molar-refractivity contribution in [3.8, 4) is 17.0 Å². The van der Waals surface area contributed by atoms with Crippen LogP contribution in [0.5, 0.6) is 5.75 Å². The number of carbonyl (C=O) groups is 1. The van der Waals surface area contributed by atoms with Crippen LogP contribution in [0.15, 0.2) is 36.4 Å². The number of aromatic amines is 1. The number of aromatic nitrogens is 1. The van der Waals surface area contributed by atoms with Crippen LogP contribution in [0, 0.1) is 11.6 Å². The molecule has 0 aliphatic heterocycles. The first-order valence-electron chi connectivity index (χ1n) is 6.64. The standard InChI is InChI=1S/C16H12F2N2O3/c1-23-15-3-2-8(5-14(15)20-16(21)22)12-6-9-4-10(17)11(18)7-13(9)19-12/h2-7,19-20H,1H3,(H,21,22). The fraction of sp³-hybridized carbons (Fsp3) is 0.0625. The molecule has 3 N–H and O–H groups in total. The minimum atomic E-state index is -1.22. The summed E-state index contributed by atoms with van der Waals surface area (Å²) in [4.78, 5) is 13.8. The normalized spacial score (nSPS) is 10.7. The van der Waals surface area contributed by atoms with Crippen molar-refractivity contribution >= 4 is 22.7 Å². The molecule has 0 fully saturated rings. The first kappa shape index (κ1) is 14.8. The summed E-state index contributed by atoms with van der Waals surface area (Å²) >= 11 is 0. The molecular weight excluding hydrogens is 306 g/mol. The van der Waals surface area contributed by atoms with E-state index in [1.807, 2.05) is 0 Å². The van der Waals surface area contributed by atoms with Crippen LogP contribution in [-0.4, -0.2) is 23.3 Å². The Balaban J connectivity index is 2.09. The quantitative estimate of drug-likeness (QED) is 0.677. The number of rotatable bonds is 3. The Morgan fingerprint density at radius 1 is 1.17 bits per heavy atom. The number of ether oxygens (including phenoxy) is 1. The highest BCUT2D eigenvalue weighted by molar-refractivity contribution is 5.89. The second-order valence-electron chi connectivity index (χ2n) is 4.88. The fourth-order valence-corrected chi connectivity index (χ4v) is 2.37. The molecule has 0 spiro atoms. The van der Waals surface area contributed by atoms with E-state index in [9.17, 15) is 13.6 Å². The topological polar surface area (TPSA) is 74.3 Å². The Hall–Kier alpha value is -3.09. The predicted octanol–water partition coefficient (Wildman–Crippen LogP) is 4.21. The number of fused-ring (bicyclic) bond motifs is 1. The van der Waals surface area contributed by atoms with Crippen LogP contribution < -0.4 is 10.1 Å². The number of hydrogen-bond donors (Lipinski definition) is 3. The van der Waals surface area contributed by atoms with Crippen molar-refractivity contribution in [3.05, 3.63) is 48.0 Å². The average molecular weight is 318 g/mol. The molecule has 3 aromatic rings. The lowest BCUT2D eigenvalue weighted by Gasteiger charge is -2.09. The molecule has 2 aromatic carbocycles. The van der Waals surface area contributed by atoms with Gasteiger partial charge in [0.25, 0.3) is 0 Å². The third-order valence-corrected chi connectivity index (χ3v) is 3.41. The van der Waals surface area contributed by atoms with Gasteiger partial charge >= 0.3 is 6.09 Å². The largest absolute Gasteiger partial charge is 0.495 e. The molecule has 0 aliphatic rings. The summed E-state index contributed by atoms with van der Waals surface area (Å²) in [6.07, 6.45) is -1.22. The Kier molecular flexibility index (Phi) is 3.61. The SMILES string of the molecule is COc1ccc(-c2cc3cc(F)c(F)cc3[nH]2)cc1NC(=O)O. The zero-order valence-corrected chi connectivity index (χ0v) is 12.0. The van der Waals surface area contributed by atoms with Crippen molar-refractivity contribution in [2.75, 3.05) is 12.4 Å². The summed E-state index contributed by atoms with van der Waals surface area (Å²) in [6, 6.07) is 8.73. The summed E-state index contributed by atoms with van der Waals surface area (Å²) < 4.78 is 31.7. The first-order chi connectivity index (χ1) is 11.0. The van der Waals surface area contributed by atoms with Gasteiger partial charge in [-0.25, -0.2) is 13.6 Å². The summed E-state index contributed by atoms with van der Waals surface area (Å²) in [5.74, 6) is -1.50. The Morgan fingerprint density at radius 2 is 1.91 bits per heavy atom. The molecule has 5 nitrogen and oxygen atoms in total. The molecular formula is C16H12F2N2O3. The summed E-state index contributed by atoms with van der Waals surface area (Å²) in [6.45, 7) is 0. The van der Waals surface area contributed by atoms with Crippen LogP contribution in [0.1, 0.15) is 0 Å². The number of carboxylic acid groups (broad SMARTS) is 1. The van der Waals surface area contributed by atoms with E-state index < -0.39 is 17.7 Å². The van der Waals surface area contributed by atoms with E-state index >= 15 is 0 Å². The van der Waals surface area contributed by atoms with E-state index in [1.165, 1.54) is 7.11 Å². The highest BCUT2D eigenvalue weighted by Crippen LogP contribution is 2.32. The zero-order chi connectivity index (χ0) is 16.6. The van der Waals surface area contributed by atoms with E-state index in [2.05, 4.69) is 10.3 Å². The van der Waals surface area contributed by atoms with Crippen molar-refractivity contribution in [1.29, 1.82) is 0 Å². The number of hydrogen-bond acceptors (Lipinski definition) is 2. The van der Waals surface area contributed by atoms with Gasteiger partial charge in [0.05, 0.1) is 12.8 Å². The van der Waals surface area contributed by atoms with Crippen molar-refractivity contribution < 1.29 is 23.4 Å². The van der Waals surface area contributed by atoms with Crippen molar-refractivity contribution in [2.24, 2.45) is 0 Å². The first-order valence-corrected chi connectivity index (χ1v) is 6.64. The second kappa shape index (κ2) is 5.60. The number of nitrogens with one attached hydrogen (secondary N) is 2. The highest BCUT2D eigenvalue weighted by Gasteiger charge is 2.12. The Bertz CT molecular complexity index is 867. The van der Waals surface area contributed by atoms with Crippen LogP contribution in [-0.2, 0) is 0 Å². The molecule has 1 amide bonds. The maximum Gasteiger partial charge on any atom is 0.409 e. The minimum absolute atomic E-state index is 0.272.